The first-order valence-electron chi connectivity index (χ1n) is 17.5. The Balaban J connectivity index is 0.00000541. The maximum atomic E-state index is 14.5. The number of carbonyl (C=O) groups excluding carboxylic acids is 4. The van der Waals surface area contributed by atoms with E-state index in [0.29, 0.717) is 23.4 Å². The van der Waals surface area contributed by atoms with Crippen molar-refractivity contribution in [1.82, 2.24) is 15.1 Å². The fourth-order valence-corrected chi connectivity index (χ4v) is 6.42. The first-order valence-corrected chi connectivity index (χ1v) is 17.5. The third-order valence-corrected chi connectivity index (χ3v) is 9.07. The summed E-state index contributed by atoms with van der Waals surface area (Å²) in [5, 5.41) is 2.88. The van der Waals surface area contributed by atoms with Crippen molar-refractivity contribution in [3.8, 4) is 0 Å². The van der Waals surface area contributed by atoms with Crippen LogP contribution in [0.1, 0.15) is 54.7 Å². The minimum Gasteiger partial charge on any atom is -1.00 e. The minimum atomic E-state index is -0.978. The van der Waals surface area contributed by atoms with Gasteiger partial charge in [-0.25, -0.2) is 9.56 Å². The Hall–Kier alpha value is -5.42. The first-order chi connectivity index (χ1) is 25.0. The molecule has 2 atom stereocenters. The Kier molecular flexibility index (Phi) is 12.4. The summed E-state index contributed by atoms with van der Waals surface area (Å²) < 4.78 is 7.64. The van der Waals surface area contributed by atoms with Gasteiger partial charge in [-0.2, -0.15) is 0 Å². The van der Waals surface area contributed by atoms with E-state index in [1.807, 2.05) is 136 Å². The number of aliphatic imine (C=N–C) groups is 1. The van der Waals surface area contributed by atoms with Gasteiger partial charge in [0.25, 0.3) is 17.7 Å². The van der Waals surface area contributed by atoms with E-state index >= 15 is 0 Å². The van der Waals surface area contributed by atoms with Crippen LogP contribution in [0, 0.1) is 5.92 Å². The van der Waals surface area contributed by atoms with E-state index in [2.05, 4.69) is 10.3 Å². The third kappa shape index (κ3) is 9.34. The van der Waals surface area contributed by atoms with E-state index in [1.165, 1.54) is 9.80 Å². The number of amides is 3. The molecule has 0 fully saturated rings. The molecule has 4 aromatic rings. The van der Waals surface area contributed by atoms with Crippen molar-refractivity contribution < 1.29 is 45.5 Å². The average Bonchev–Trinajstić information content (AvgIpc) is 3.52. The largest absolute Gasteiger partial charge is 1.00 e. The molecule has 1 N–H and O–H groups in total. The molecule has 2 aliphatic rings. The van der Waals surface area contributed by atoms with Crippen LogP contribution in [0.15, 0.2) is 127 Å². The highest BCUT2D eigenvalue weighted by molar-refractivity contribution is 6.39. The molecular formula is C42H44BrN5O5. The summed E-state index contributed by atoms with van der Waals surface area (Å²) in [5.41, 5.74) is 2.91. The van der Waals surface area contributed by atoms with Gasteiger partial charge in [-0.1, -0.05) is 105 Å². The van der Waals surface area contributed by atoms with Crippen LogP contribution in [0.4, 0.5) is 0 Å². The zero-order valence-electron chi connectivity index (χ0n) is 30.3. The zero-order valence-corrected chi connectivity index (χ0v) is 31.9. The van der Waals surface area contributed by atoms with Crippen molar-refractivity contribution in [2.45, 2.75) is 58.3 Å². The van der Waals surface area contributed by atoms with Crippen molar-refractivity contribution >= 4 is 35.1 Å². The molecule has 11 heteroatoms. The second-order valence-corrected chi connectivity index (χ2v) is 14.1. The quantitative estimate of drug-likeness (QED) is 0.221. The van der Waals surface area contributed by atoms with Crippen LogP contribution in [-0.2, 0) is 32.1 Å². The lowest BCUT2D eigenvalue weighted by molar-refractivity contribution is -0.688. The topological polar surface area (TPSA) is 112 Å². The smallest absolute Gasteiger partial charge is 0.259 e. The fourth-order valence-electron chi connectivity index (χ4n) is 6.42. The molecule has 0 saturated heterocycles. The van der Waals surface area contributed by atoms with E-state index in [9.17, 15) is 19.2 Å². The van der Waals surface area contributed by atoms with Gasteiger partial charge >= 0.3 is 0 Å². The average molecular weight is 779 g/mol. The van der Waals surface area contributed by atoms with Gasteiger partial charge < -0.3 is 31.9 Å². The van der Waals surface area contributed by atoms with Gasteiger partial charge in [0, 0.05) is 30.3 Å². The minimum absolute atomic E-state index is 0. The standard InChI is InChI=1S/C42H43N5O5.BrH/c1-29(2)37-41(51)46(27-36(48)43-34(24-30-14-8-5-9-15-30)38(49)39-44-42(3,4)28-52-39)35(32-18-12-7-13-19-32)26-47(37)40(50)33-20-22-45(23-21-33)25-31-16-10-6-11-17-31;/h5-23,26,29,34,37H,24-25,27-28H2,1-4H3;1H/t34-,37+;/m0./s1. The molecule has 53 heavy (non-hydrogen) atoms. The monoisotopic (exact) mass is 777 g/mol. The van der Waals surface area contributed by atoms with Crippen LogP contribution in [-0.4, -0.2) is 70.0 Å². The molecule has 1 aromatic heterocycles. The number of ether oxygens (including phenoxy) is 1. The molecule has 0 unspecified atom stereocenters. The van der Waals surface area contributed by atoms with Crippen LogP contribution in [0.5, 0.6) is 0 Å². The number of halogens is 1. The molecule has 0 saturated carbocycles. The Morgan fingerprint density at radius 3 is 2.04 bits per heavy atom. The van der Waals surface area contributed by atoms with Gasteiger partial charge in [0.15, 0.2) is 18.9 Å². The molecule has 3 amide bonds. The molecule has 10 nitrogen and oxygen atoms in total. The van der Waals surface area contributed by atoms with Crippen molar-refractivity contribution in [2.75, 3.05) is 13.2 Å². The number of benzene rings is 3. The van der Waals surface area contributed by atoms with Gasteiger partial charge in [0.05, 0.1) is 16.8 Å². The summed E-state index contributed by atoms with van der Waals surface area (Å²) in [6.45, 7) is 8.04. The molecule has 3 aromatic carbocycles. The van der Waals surface area contributed by atoms with E-state index in [4.69, 9.17) is 4.74 Å². The number of pyridine rings is 1. The lowest BCUT2D eigenvalue weighted by Crippen LogP contribution is -3.00. The van der Waals surface area contributed by atoms with E-state index in [1.54, 1.807) is 18.3 Å². The van der Waals surface area contributed by atoms with Gasteiger partial charge in [0.2, 0.25) is 11.7 Å². The first kappa shape index (κ1) is 38.8. The fraction of sp³-hybridized carbons (Fsp3) is 0.286. The van der Waals surface area contributed by atoms with Crippen LogP contribution >= 0.6 is 0 Å². The normalized spacial score (nSPS) is 16.9. The van der Waals surface area contributed by atoms with E-state index in [-0.39, 0.29) is 54.3 Å². The molecule has 0 aliphatic carbocycles. The SMILES string of the molecule is CC(C)[C@@H]1C(=O)N(CC(=O)N[C@@H](Cc2ccccc2)C(=O)C2=NC(C)(C)CO2)C(c2ccccc2)=CN1C(=O)c1cc[n+](Cc2ccccc2)cc1.[Br-]. The van der Waals surface area contributed by atoms with Crippen molar-refractivity contribution in [3.05, 3.63) is 144 Å². The molecular weight excluding hydrogens is 734 g/mol. The Morgan fingerprint density at radius 2 is 1.47 bits per heavy atom. The summed E-state index contributed by atoms with van der Waals surface area (Å²) in [7, 11) is 0. The number of nitrogens with one attached hydrogen (secondary N) is 1. The number of carbonyl (C=O) groups is 4. The molecule has 0 bridgehead atoms. The number of Topliss-reactive ketones (excluding diaryl/α,β-unsaturated/α-hetero) is 1. The molecule has 274 valence electrons. The number of hydrogen-bond donors (Lipinski definition) is 1. The summed E-state index contributed by atoms with van der Waals surface area (Å²) in [6, 6.07) is 30.2. The van der Waals surface area contributed by atoms with E-state index in [0.717, 1.165) is 11.1 Å². The van der Waals surface area contributed by atoms with Crippen molar-refractivity contribution in [2.24, 2.45) is 10.9 Å². The van der Waals surface area contributed by atoms with Gasteiger partial charge in [-0.05, 0) is 30.9 Å². The second kappa shape index (κ2) is 16.9. The summed E-state index contributed by atoms with van der Waals surface area (Å²) >= 11 is 0. The van der Waals surface area contributed by atoms with Crippen LogP contribution in [0.2, 0.25) is 0 Å². The lowest BCUT2D eigenvalue weighted by atomic mass is 9.96. The molecule has 0 spiro atoms. The summed E-state index contributed by atoms with van der Waals surface area (Å²) in [5.74, 6) is -2.00. The van der Waals surface area contributed by atoms with Crippen LogP contribution in [0.3, 0.4) is 0 Å². The van der Waals surface area contributed by atoms with Gasteiger partial charge in [-0.3, -0.25) is 24.1 Å². The molecule has 6 rings (SSSR count). The highest BCUT2D eigenvalue weighted by Gasteiger charge is 2.42. The van der Waals surface area contributed by atoms with E-state index < -0.39 is 35.2 Å². The molecule has 0 radical (unpaired) electrons. The Bertz CT molecular complexity index is 1980. The van der Waals surface area contributed by atoms with Gasteiger partial charge in [-0.15, -0.1) is 0 Å². The zero-order chi connectivity index (χ0) is 36.8. The maximum absolute atomic E-state index is 14.5. The number of hydrogen-bond acceptors (Lipinski definition) is 6. The number of aromatic nitrogens is 1. The van der Waals surface area contributed by atoms with Gasteiger partial charge in [0.1, 0.15) is 25.2 Å². The molecule has 3 heterocycles. The van der Waals surface area contributed by atoms with Crippen molar-refractivity contribution in [3.63, 3.8) is 0 Å². The number of ketones is 1. The summed E-state index contributed by atoms with van der Waals surface area (Å²) in [6.07, 6.45) is 5.58. The van der Waals surface area contributed by atoms with Crippen LogP contribution in [0.25, 0.3) is 5.70 Å². The highest BCUT2D eigenvalue weighted by Crippen LogP contribution is 2.31. The third-order valence-electron chi connectivity index (χ3n) is 9.07. The summed E-state index contributed by atoms with van der Waals surface area (Å²) in [4.78, 5) is 63.6. The predicted octanol–water partition coefficient (Wildman–Crippen LogP) is 1.84. The number of nitrogens with zero attached hydrogens (tertiary/aromatic N) is 4. The lowest BCUT2D eigenvalue weighted by Gasteiger charge is -2.41. The molecule has 2 aliphatic heterocycles. The Labute approximate surface area is 321 Å². The second-order valence-electron chi connectivity index (χ2n) is 14.1. The highest BCUT2D eigenvalue weighted by atomic mass is 79.9. The van der Waals surface area contributed by atoms with Crippen molar-refractivity contribution in [1.29, 1.82) is 0 Å². The predicted molar refractivity (Wildman–Crippen MR) is 198 cm³/mol. The maximum Gasteiger partial charge on any atom is 0.259 e. The Morgan fingerprint density at radius 1 is 0.887 bits per heavy atom. The number of rotatable bonds is 12. The van der Waals surface area contributed by atoms with Crippen LogP contribution < -0.4 is 26.9 Å².